The highest BCUT2D eigenvalue weighted by Gasteiger charge is 2.21. The predicted molar refractivity (Wildman–Crippen MR) is 60.5 cm³/mol. The van der Waals surface area contributed by atoms with E-state index in [9.17, 15) is 0 Å². The van der Waals surface area contributed by atoms with Crippen LogP contribution in [-0.2, 0) is 6.42 Å². The molecule has 1 aliphatic rings. The van der Waals surface area contributed by atoms with Crippen LogP contribution in [-0.4, -0.2) is 16.5 Å². The first kappa shape index (κ1) is 10.6. The summed E-state index contributed by atoms with van der Waals surface area (Å²) in [5.41, 5.74) is 6.83. The van der Waals surface area contributed by atoms with E-state index < -0.39 is 0 Å². The molecule has 0 radical (unpaired) electrons. The second-order valence-corrected chi connectivity index (χ2v) is 4.57. The fraction of sp³-hybridized carbons (Fsp3) is 0.667. The molecule has 1 heterocycles. The zero-order chi connectivity index (χ0) is 10.7. The molecule has 1 saturated carbocycles. The van der Waals surface area contributed by atoms with Crippen molar-refractivity contribution in [2.45, 2.75) is 38.5 Å². The first-order valence-corrected chi connectivity index (χ1v) is 5.81. The monoisotopic (exact) mass is 205 g/mol. The van der Waals surface area contributed by atoms with Crippen LogP contribution in [0.15, 0.2) is 12.3 Å². The van der Waals surface area contributed by atoms with Gasteiger partial charge < -0.3 is 5.73 Å². The molecule has 1 unspecified atom stereocenters. The van der Waals surface area contributed by atoms with Gasteiger partial charge in [0.2, 0.25) is 0 Å². The van der Waals surface area contributed by atoms with Crippen molar-refractivity contribution >= 4 is 0 Å². The zero-order valence-corrected chi connectivity index (χ0v) is 9.32. The summed E-state index contributed by atoms with van der Waals surface area (Å²) in [5.74, 6) is 2.12. The Morgan fingerprint density at radius 2 is 2.33 bits per heavy atom. The van der Waals surface area contributed by atoms with E-state index in [4.69, 9.17) is 5.73 Å². The van der Waals surface area contributed by atoms with Crippen molar-refractivity contribution in [1.29, 1.82) is 0 Å². The topological polar surface area (TPSA) is 51.8 Å². The Bertz CT molecular complexity index is 320. The highest BCUT2D eigenvalue weighted by atomic mass is 14.9. The molecule has 1 fully saturated rings. The number of nitrogens with zero attached hydrogens (tertiary/aromatic N) is 2. The zero-order valence-electron chi connectivity index (χ0n) is 9.32. The number of hydrogen-bond donors (Lipinski definition) is 1. The first-order chi connectivity index (χ1) is 7.29. The number of aromatic nitrogens is 2. The summed E-state index contributed by atoms with van der Waals surface area (Å²) in [6.07, 6.45) is 6.73. The molecule has 0 aromatic carbocycles. The third-order valence-corrected chi connectivity index (χ3v) is 3.18. The molecular weight excluding hydrogens is 186 g/mol. The lowest BCUT2D eigenvalue weighted by molar-refractivity contribution is 0.408. The van der Waals surface area contributed by atoms with Gasteiger partial charge in [-0.2, -0.15) is 0 Å². The van der Waals surface area contributed by atoms with Gasteiger partial charge >= 0.3 is 0 Å². The smallest absolute Gasteiger partial charge is 0.128 e. The van der Waals surface area contributed by atoms with Gasteiger partial charge in [-0.05, 0) is 31.4 Å². The highest BCUT2D eigenvalue weighted by molar-refractivity contribution is 5.11. The van der Waals surface area contributed by atoms with E-state index in [0.29, 0.717) is 18.4 Å². The molecule has 0 bridgehead atoms. The van der Waals surface area contributed by atoms with Crippen molar-refractivity contribution in [2.75, 3.05) is 6.54 Å². The van der Waals surface area contributed by atoms with Crippen LogP contribution in [0, 0.1) is 5.92 Å². The third-order valence-electron chi connectivity index (χ3n) is 3.18. The number of rotatable bonds is 4. The van der Waals surface area contributed by atoms with Gasteiger partial charge in [0.05, 0.1) is 0 Å². The molecule has 1 aliphatic carbocycles. The van der Waals surface area contributed by atoms with Crippen molar-refractivity contribution in [2.24, 2.45) is 11.7 Å². The molecule has 3 nitrogen and oxygen atoms in total. The van der Waals surface area contributed by atoms with Crippen LogP contribution < -0.4 is 5.73 Å². The van der Waals surface area contributed by atoms with Crippen LogP contribution in [0.2, 0.25) is 0 Å². The lowest BCUT2D eigenvalue weighted by Crippen LogP contribution is -2.16. The third kappa shape index (κ3) is 2.53. The summed E-state index contributed by atoms with van der Waals surface area (Å²) in [4.78, 5) is 8.92. The molecule has 2 N–H and O–H groups in total. The van der Waals surface area contributed by atoms with Crippen LogP contribution in [0.3, 0.4) is 0 Å². The van der Waals surface area contributed by atoms with Crippen LogP contribution in [0.5, 0.6) is 0 Å². The summed E-state index contributed by atoms with van der Waals surface area (Å²) in [6, 6.07) is 2.06. The summed E-state index contributed by atoms with van der Waals surface area (Å²) in [7, 11) is 0. The summed E-state index contributed by atoms with van der Waals surface area (Å²) >= 11 is 0. The van der Waals surface area contributed by atoms with Crippen LogP contribution >= 0.6 is 0 Å². The maximum Gasteiger partial charge on any atom is 0.128 e. The fourth-order valence-electron chi connectivity index (χ4n) is 1.84. The maximum absolute atomic E-state index is 5.60. The molecule has 15 heavy (non-hydrogen) atoms. The van der Waals surface area contributed by atoms with Crippen LogP contribution in [0.4, 0.5) is 0 Å². The normalized spacial score (nSPS) is 18.5. The Kier molecular flexibility index (Phi) is 3.31. The Morgan fingerprint density at radius 3 is 2.93 bits per heavy atom. The summed E-state index contributed by atoms with van der Waals surface area (Å²) in [5, 5.41) is 0. The average Bonchev–Trinajstić information content (AvgIpc) is 2.15. The van der Waals surface area contributed by atoms with Gasteiger partial charge in [-0.3, -0.25) is 0 Å². The lowest BCUT2D eigenvalue weighted by atomic mass is 9.83. The van der Waals surface area contributed by atoms with Crippen molar-refractivity contribution in [3.8, 4) is 0 Å². The van der Waals surface area contributed by atoms with Crippen LogP contribution in [0.25, 0.3) is 0 Å². The maximum atomic E-state index is 5.60. The Labute approximate surface area is 91.1 Å². The van der Waals surface area contributed by atoms with Gasteiger partial charge in [-0.1, -0.05) is 13.3 Å². The molecule has 2 rings (SSSR count). The predicted octanol–water partition coefficient (Wildman–Crippen LogP) is 1.88. The van der Waals surface area contributed by atoms with Gasteiger partial charge in [0.25, 0.3) is 0 Å². The van der Waals surface area contributed by atoms with E-state index in [1.54, 1.807) is 0 Å². The molecule has 0 aliphatic heterocycles. The van der Waals surface area contributed by atoms with Gasteiger partial charge in [-0.25, -0.2) is 9.97 Å². The average molecular weight is 205 g/mol. The quantitative estimate of drug-likeness (QED) is 0.816. The van der Waals surface area contributed by atoms with E-state index in [1.165, 1.54) is 25.0 Å². The van der Waals surface area contributed by atoms with Gasteiger partial charge in [0.1, 0.15) is 5.82 Å². The molecule has 82 valence electrons. The molecule has 0 amide bonds. The minimum absolute atomic E-state index is 0.474. The van der Waals surface area contributed by atoms with E-state index in [-0.39, 0.29) is 0 Å². The number of nitrogens with two attached hydrogens (primary N) is 1. The van der Waals surface area contributed by atoms with E-state index in [2.05, 4.69) is 23.0 Å². The van der Waals surface area contributed by atoms with Gasteiger partial charge in [0, 0.05) is 24.2 Å². The second-order valence-electron chi connectivity index (χ2n) is 4.57. The van der Waals surface area contributed by atoms with Crippen molar-refractivity contribution in [3.05, 3.63) is 23.8 Å². The largest absolute Gasteiger partial charge is 0.330 e. The van der Waals surface area contributed by atoms with E-state index in [1.807, 2.05) is 6.20 Å². The molecule has 1 atom stereocenters. The Balaban J connectivity index is 2.04. The highest BCUT2D eigenvalue weighted by Crippen LogP contribution is 2.34. The van der Waals surface area contributed by atoms with Crippen LogP contribution in [0.1, 0.15) is 43.6 Å². The molecule has 1 aromatic rings. The van der Waals surface area contributed by atoms with Crippen molar-refractivity contribution < 1.29 is 0 Å². The standard InChI is InChI=1S/C12H19N3/c1-9(8-13)7-12-14-6-5-11(15-12)10-3-2-4-10/h5-6,9-10H,2-4,7-8,13H2,1H3. The minimum Gasteiger partial charge on any atom is -0.330 e. The fourth-order valence-corrected chi connectivity index (χ4v) is 1.84. The summed E-state index contributed by atoms with van der Waals surface area (Å²) < 4.78 is 0. The Morgan fingerprint density at radius 1 is 1.53 bits per heavy atom. The molecule has 1 aromatic heterocycles. The van der Waals surface area contributed by atoms with E-state index in [0.717, 1.165) is 12.2 Å². The molecule has 3 heteroatoms. The second kappa shape index (κ2) is 4.71. The van der Waals surface area contributed by atoms with Gasteiger partial charge in [-0.15, -0.1) is 0 Å². The number of hydrogen-bond acceptors (Lipinski definition) is 3. The van der Waals surface area contributed by atoms with Crippen molar-refractivity contribution in [1.82, 2.24) is 9.97 Å². The molecular formula is C12H19N3. The van der Waals surface area contributed by atoms with Gasteiger partial charge in [0.15, 0.2) is 0 Å². The minimum atomic E-state index is 0.474. The van der Waals surface area contributed by atoms with E-state index >= 15 is 0 Å². The van der Waals surface area contributed by atoms with Crippen molar-refractivity contribution in [3.63, 3.8) is 0 Å². The lowest BCUT2D eigenvalue weighted by Gasteiger charge is -2.24. The SMILES string of the molecule is CC(CN)Cc1nccc(C2CCC2)n1. The molecule has 0 spiro atoms. The molecule has 0 saturated heterocycles. The summed E-state index contributed by atoms with van der Waals surface area (Å²) in [6.45, 7) is 2.84. The first-order valence-electron chi connectivity index (χ1n) is 5.81. The Hall–Kier alpha value is -0.960.